The summed E-state index contributed by atoms with van der Waals surface area (Å²) in [4.78, 5) is 0. The van der Waals surface area contributed by atoms with Gasteiger partial charge in [-0.05, 0) is 41.0 Å². The Kier molecular flexibility index (Phi) is 4.54. The molecule has 0 aliphatic carbocycles. The van der Waals surface area contributed by atoms with E-state index in [9.17, 15) is 0 Å². The van der Waals surface area contributed by atoms with Crippen LogP contribution in [-0.2, 0) is 6.42 Å². The van der Waals surface area contributed by atoms with E-state index in [-0.39, 0.29) is 0 Å². The first-order valence-corrected chi connectivity index (χ1v) is 6.76. The van der Waals surface area contributed by atoms with Gasteiger partial charge in [0.15, 0.2) is 10.4 Å². The van der Waals surface area contributed by atoms with Crippen LogP contribution < -0.4 is 5.32 Å². The molecule has 0 unspecified atom stereocenters. The van der Waals surface area contributed by atoms with Crippen molar-refractivity contribution in [3.05, 3.63) is 22.7 Å². The number of halogens is 1. The summed E-state index contributed by atoms with van der Waals surface area (Å²) in [6.07, 6.45) is 1.75. The number of aromatic nitrogens is 2. The quantitative estimate of drug-likeness (QED) is 0.830. The molecule has 0 radical (unpaired) electrons. The predicted molar refractivity (Wildman–Crippen MR) is 71.2 cm³/mol. The first-order valence-electron chi connectivity index (χ1n) is 5.96. The van der Waals surface area contributed by atoms with E-state index in [1.165, 1.54) is 0 Å². The van der Waals surface area contributed by atoms with E-state index in [0.717, 1.165) is 19.4 Å². The maximum Gasteiger partial charge on any atom is 0.283 e. The van der Waals surface area contributed by atoms with Crippen molar-refractivity contribution in [3.63, 3.8) is 0 Å². The van der Waals surface area contributed by atoms with Gasteiger partial charge in [-0.2, -0.15) is 0 Å². The molecule has 0 aliphatic rings. The Hall–Kier alpha value is -1.14. The molecule has 0 atom stereocenters. The SMILES string of the molecule is CC(C)NCCCc1nnc(-c2ccc(Br)o2)o1. The second-order valence-electron chi connectivity index (χ2n) is 4.32. The Balaban J connectivity index is 1.86. The largest absolute Gasteiger partial charge is 0.444 e. The Morgan fingerprint density at radius 1 is 1.28 bits per heavy atom. The van der Waals surface area contributed by atoms with Crippen molar-refractivity contribution in [3.8, 4) is 11.7 Å². The van der Waals surface area contributed by atoms with Crippen molar-refractivity contribution in [1.82, 2.24) is 15.5 Å². The molecule has 2 heterocycles. The molecule has 2 aromatic rings. The van der Waals surface area contributed by atoms with Crippen molar-refractivity contribution < 1.29 is 8.83 Å². The van der Waals surface area contributed by atoms with E-state index in [1.54, 1.807) is 12.1 Å². The number of rotatable bonds is 6. The molecular weight excluding hydrogens is 298 g/mol. The van der Waals surface area contributed by atoms with Crippen LogP contribution in [0, 0.1) is 0 Å². The van der Waals surface area contributed by atoms with Crippen LogP contribution in [0.5, 0.6) is 0 Å². The summed E-state index contributed by atoms with van der Waals surface area (Å²) in [7, 11) is 0. The molecule has 0 aromatic carbocycles. The van der Waals surface area contributed by atoms with Gasteiger partial charge < -0.3 is 14.2 Å². The first kappa shape index (κ1) is 13.3. The number of aryl methyl sites for hydroxylation is 1. The smallest absolute Gasteiger partial charge is 0.283 e. The summed E-state index contributed by atoms with van der Waals surface area (Å²) in [5.41, 5.74) is 0. The molecule has 1 N–H and O–H groups in total. The van der Waals surface area contributed by atoms with E-state index < -0.39 is 0 Å². The minimum absolute atomic E-state index is 0.424. The van der Waals surface area contributed by atoms with E-state index in [2.05, 4.69) is 45.3 Å². The molecule has 18 heavy (non-hydrogen) atoms. The minimum atomic E-state index is 0.424. The number of hydrogen-bond acceptors (Lipinski definition) is 5. The third kappa shape index (κ3) is 3.68. The van der Waals surface area contributed by atoms with E-state index in [4.69, 9.17) is 8.83 Å². The molecule has 0 bridgehead atoms. The Labute approximate surface area is 114 Å². The molecule has 0 fully saturated rings. The summed E-state index contributed by atoms with van der Waals surface area (Å²) in [5, 5.41) is 11.3. The standard InChI is InChI=1S/C12H16BrN3O2/c1-8(2)14-7-3-4-11-15-16-12(18-11)9-5-6-10(13)17-9/h5-6,8,14H,3-4,7H2,1-2H3. The number of hydrogen-bond donors (Lipinski definition) is 1. The molecule has 5 nitrogen and oxygen atoms in total. The zero-order valence-corrected chi connectivity index (χ0v) is 12.0. The molecule has 2 aromatic heterocycles. The van der Waals surface area contributed by atoms with Crippen LogP contribution in [0.1, 0.15) is 26.2 Å². The zero-order chi connectivity index (χ0) is 13.0. The van der Waals surface area contributed by atoms with E-state index >= 15 is 0 Å². The van der Waals surface area contributed by atoms with Crippen LogP contribution in [0.2, 0.25) is 0 Å². The maximum absolute atomic E-state index is 5.53. The van der Waals surface area contributed by atoms with Gasteiger partial charge in [0.05, 0.1) is 0 Å². The lowest BCUT2D eigenvalue weighted by Gasteiger charge is -2.05. The second-order valence-corrected chi connectivity index (χ2v) is 5.10. The summed E-state index contributed by atoms with van der Waals surface area (Å²) < 4.78 is 11.5. The fraction of sp³-hybridized carbons (Fsp3) is 0.500. The van der Waals surface area contributed by atoms with Crippen LogP contribution >= 0.6 is 15.9 Å². The van der Waals surface area contributed by atoms with Crippen LogP contribution in [0.4, 0.5) is 0 Å². The van der Waals surface area contributed by atoms with Crippen LogP contribution in [0.15, 0.2) is 25.6 Å². The highest BCUT2D eigenvalue weighted by atomic mass is 79.9. The summed E-state index contributed by atoms with van der Waals surface area (Å²) in [5.74, 6) is 1.65. The lowest BCUT2D eigenvalue weighted by atomic mass is 10.3. The molecule has 98 valence electrons. The van der Waals surface area contributed by atoms with Gasteiger partial charge in [-0.25, -0.2) is 0 Å². The predicted octanol–water partition coefficient (Wildman–Crippen LogP) is 3.02. The highest BCUT2D eigenvalue weighted by Gasteiger charge is 2.11. The summed E-state index contributed by atoms with van der Waals surface area (Å²) in [6.45, 7) is 5.20. The van der Waals surface area contributed by atoms with Crippen molar-refractivity contribution in [2.75, 3.05) is 6.54 Å². The maximum atomic E-state index is 5.53. The number of furan rings is 1. The van der Waals surface area contributed by atoms with Crippen LogP contribution in [0.25, 0.3) is 11.7 Å². The van der Waals surface area contributed by atoms with Crippen LogP contribution in [0.3, 0.4) is 0 Å². The van der Waals surface area contributed by atoms with Crippen molar-refractivity contribution in [2.45, 2.75) is 32.7 Å². The summed E-state index contributed by atoms with van der Waals surface area (Å²) >= 11 is 3.24. The molecule has 0 spiro atoms. The topological polar surface area (TPSA) is 64.1 Å². The fourth-order valence-corrected chi connectivity index (χ4v) is 1.82. The van der Waals surface area contributed by atoms with Gasteiger partial charge >= 0.3 is 0 Å². The monoisotopic (exact) mass is 313 g/mol. The van der Waals surface area contributed by atoms with Crippen molar-refractivity contribution in [2.24, 2.45) is 0 Å². The zero-order valence-electron chi connectivity index (χ0n) is 10.4. The molecule has 6 heteroatoms. The average Bonchev–Trinajstić information content (AvgIpc) is 2.93. The third-order valence-electron chi connectivity index (χ3n) is 2.37. The van der Waals surface area contributed by atoms with Gasteiger partial charge in [-0.15, -0.1) is 10.2 Å². The van der Waals surface area contributed by atoms with Gasteiger partial charge in [-0.3, -0.25) is 0 Å². The van der Waals surface area contributed by atoms with Gasteiger partial charge in [0, 0.05) is 12.5 Å². The normalized spacial score (nSPS) is 11.3. The molecule has 0 saturated heterocycles. The Morgan fingerprint density at radius 2 is 2.11 bits per heavy atom. The average molecular weight is 314 g/mol. The highest BCUT2D eigenvalue weighted by molar-refractivity contribution is 9.10. The Morgan fingerprint density at radius 3 is 2.78 bits per heavy atom. The fourth-order valence-electron chi connectivity index (χ4n) is 1.51. The van der Waals surface area contributed by atoms with E-state index in [0.29, 0.717) is 28.3 Å². The third-order valence-corrected chi connectivity index (χ3v) is 2.80. The van der Waals surface area contributed by atoms with E-state index in [1.807, 2.05) is 0 Å². The van der Waals surface area contributed by atoms with Gasteiger partial charge in [0.2, 0.25) is 5.89 Å². The van der Waals surface area contributed by atoms with Gasteiger partial charge in [-0.1, -0.05) is 13.8 Å². The lowest BCUT2D eigenvalue weighted by molar-refractivity contribution is 0.463. The molecule has 0 aliphatic heterocycles. The van der Waals surface area contributed by atoms with Gasteiger partial charge in [0.1, 0.15) is 0 Å². The number of nitrogens with one attached hydrogen (secondary N) is 1. The molecule has 0 saturated carbocycles. The first-order chi connectivity index (χ1) is 8.65. The van der Waals surface area contributed by atoms with Crippen molar-refractivity contribution in [1.29, 1.82) is 0 Å². The molecule has 0 amide bonds. The Bertz CT molecular complexity index is 493. The minimum Gasteiger partial charge on any atom is -0.444 e. The second kappa shape index (κ2) is 6.15. The van der Waals surface area contributed by atoms with Crippen LogP contribution in [-0.4, -0.2) is 22.8 Å². The van der Waals surface area contributed by atoms with Gasteiger partial charge in [0.25, 0.3) is 5.89 Å². The summed E-state index contributed by atoms with van der Waals surface area (Å²) in [6, 6.07) is 4.09. The highest BCUT2D eigenvalue weighted by Crippen LogP contribution is 2.23. The molecule has 2 rings (SSSR count). The number of nitrogens with zero attached hydrogens (tertiary/aromatic N) is 2. The lowest BCUT2D eigenvalue weighted by Crippen LogP contribution is -2.23. The van der Waals surface area contributed by atoms with Crippen molar-refractivity contribution >= 4 is 15.9 Å². The molecular formula is C12H16BrN3O2.